The monoisotopic (exact) mass is 354 g/mol. The fourth-order valence-electron chi connectivity index (χ4n) is 2.24. The summed E-state index contributed by atoms with van der Waals surface area (Å²) >= 11 is 2.79. The second-order valence-electron chi connectivity index (χ2n) is 5.13. The van der Waals surface area contributed by atoms with Crippen LogP contribution in [0.3, 0.4) is 0 Å². The van der Waals surface area contributed by atoms with Gasteiger partial charge in [-0.05, 0) is 25.5 Å². The molecular weight excluding hydrogens is 340 g/mol. The molecule has 5 nitrogen and oxygen atoms in total. The molecule has 0 radical (unpaired) electrons. The van der Waals surface area contributed by atoms with Gasteiger partial charge >= 0.3 is 0 Å². The molecule has 0 fully saturated rings. The second-order valence-corrected chi connectivity index (χ2v) is 7.32. The Morgan fingerprint density at radius 1 is 1.33 bits per heavy atom. The van der Waals surface area contributed by atoms with E-state index in [0.717, 1.165) is 26.4 Å². The summed E-state index contributed by atoms with van der Waals surface area (Å²) in [6, 6.07) is 9.85. The quantitative estimate of drug-likeness (QED) is 0.568. The van der Waals surface area contributed by atoms with E-state index in [2.05, 4.69) is 21.4 Å². The Balaban J connectivity index is 1.72. The first kappa shape index (κ1) is 16.4. The fourth-order valence-corrected chi connectivity index (χ4v) is 4.06. The zero-order valence-corrected chi connectivity index (χ0v) is 14.8. The van der Waals surface area contributed by atoms with Crippen LogP contribution in [0.2, 0.25) is 0 Å². The molecular formula is C17H14N4OS2. The van der Waals surface area contributed by atoms with Crippen molar-refractivity contribution >= 4 is 44.9 Å². The SMILES string of the molecule is Cc1sc(NC(=O)CSc2ncnc3ccccc23)c(C#N)c1C. The number of nitriles is 1. The van der Waals surface area contributed by atoms with Crippen LogP contribution in [0.1, 0.15) is 16.0 Å². The number of rotatable bonds is 4. The average Bonchev–Trinajstić information content (AvgIpc) is 2.86. The van der Waals surface area contributed by atoms with Crippen LogP contribution in [0.15, 0.2) is 35.6 Å². The Hall–Kier alpha value is -2.43. The number of hydrogen-bond donors (Lipinski definition) is 1. The zero-order chi connectivity index (χ0) is 17.1. The highest BCUT2D eigenvalue weighted by Crippen LogP contribution is 2.32. The molecule has 2 heterocycles. The number of thioether (sulfide) groups is 1. The maximum Gasteiger partial charge on any atom is 0.235 e. The van der Waals surface area contributed by atoms with E-state index in [9.17, 15) is 10.1 Å². The maximum atomic E-state index is 12.2. The summed E-state index contributed by atoms with van der Waals surface area (Å²) in [6.07, 6.45) is 1.50. The van der Waals surface area contributed by atoms with Gasteiger partial charge < -0.3 is 5.32 Å². The number of benzene rings is 1. The van der Waals surface area contributed by atoms with E-state index in [0.29, 0.717) is 10.6 Å². The predicted octanol–water partition coefficient (Wildman–Crippen LogP) is 3.91. The third-order valence-corrected chi connectivity index (χ3v) is 5.72. The van der Waals surface area contributed by atoms with Gasteiger partial charge in [0.2, 0.25) is 5.91 Å². The van der Waals surface area contributed by atoms with Crippen molar-refractivity contribution in [1.82, 2.24) is 9.97 Å². The summed E-state index contributed by atoms with van der Waals surface area (Å²) in [7, 11) is 0. The van der Waals surface area contributed by atoms with Crippen LogP contribution in [-0.4, -0.2) is 21.6 Å². The number of hydrogen-bond acceptors (Lipinski definition) is 6. The maximum absolute atomic E-state index is 12.2. The van der Waals surface area contributed by atoms with Gasteiger partial charge in [-0.2, -0.15) is 5.26 Å². The summed E-state index contributed by atoms with van der Waals surface area (Å²) in [5.41, 5.74) is 2.32. The van der Waals surface area contributed by atoms with Crippen molar-refractivity contribution in [3.63, 3.8) is 0 Å². The smallest absolute Gasteiger partial charge is 0.235 e. The highest BCUT2D eigenvalue weighted by molar-refractivity contribution is 8.00. The zero-order valence-electron chi connectivity index (χ0n) is 13.2. The lowest BCUT2D eigenvalue weighted by Gasteiger charge is -2.05. The van der Waals surface area contributed by atoms with Crippen LogP contribution >= 0.6 is 23.1 Å². The van der Waals surface area contributed by atoms with Crippen LogP contribution in [0, 0.1) is 25.2 Å². The highest BCUT2D eigenvalue weighted by Gasteiger charge is 2.15. The van der Waals surface area contributed by atoms with E-state index < -0.39 is 0 Å². The van der Waals surface area contributed by atoms with E-state index in [1.165, 1.54) is 29.4 Å². The Morgan fingerprint density at radius 3 is 2.92 bits per heavy atom. The standard InChI is InChI=1S/C17H14N4OS2/c1-10-11(2)24-17(13(10)7-18)21-15(22)8-23-16-12-5-3-4-6-14(12)19-9-20-16/h3-6,9H,8H2,1-2H3,(H,21,22). The van der Waals surface area contributed by atoms with Crippen LogP contribution < -0.4 is 5.32 Å². The van der Waals surface area contributed by atoms with Gasteiger partial charge in [0.05, 0.1) is 16.8 Å². The Bertz CT molecular complexity index is 954. The topological polar surface area (TPSA) is 78.7 Å². The number of anilines is 1. The van der Waals surface area contributed by atoms with Gasteiger partial charge in [-0.15, -0.1) is 11.3 Å². The third-order valence-electron chi connectivity index (χ3n) is 3.60. The van der Waals surface area contributed by atoms with Crippen molar-refractivity contribution in [2.45, 2.75) is 18.9 Å². The van der Waals surface area contributed by atoms with Gasteiger partial charge in [-0.1, -0.05) is 30.0 Å². The van der Waals surface area contributed by atoms with Crippen molar-refractivity contribution in [2.24, 2.45) is 0 Å². The molecule has 0 aliphatic heterocycles. The van der Waals surface area contributed by atoms with Gasteiger partial charge in [0, 0.05) is 10.3 Å². The predicted molar refractivity (Wildman–Crippen MR) is 97.4 cm³/mol. The number of amides is 1. The summed E-state index contributed by atoms with van der Waals surface area (Å²) < 4.78 is 0. The molecule has 0 saturated heterocycles. The van der Waals surface area contributed by atoms with Crippen molar-refractivity contribution in [2.75, 3.05) is 11.1 Å². The van der Waals surface area contributed by atoms with E-state index in [4.69, 9.17) is 0 Å². The van der Waals surface area contributed by atoms with E-state index >= 15 is 0 Å². The molecule has 0 atom stereocenters. The highest BCUT2D eigenvalue weighted by atomic mass is 32.2. The summed E-state index contributed by atoms with van der Waals surface area (Å²) in [5, 5.41) is 14.4. The molecule has 0 aliphatic carbocycles. The molecule has 0 bridgehead atoms. The molecule has 7 heteroatoms. The Kier molecular flexibility index (Phi) is 4.79. The number of aryl methyl sites for hydroxylation is 1. The van der Waals surface area contributed by atoms with Crippen LogP contribution in [-0.2, 0) is 4.79 Å². The van der Waals surface area contributed by atoms with E-state index in [1.807, 2.05) is 38.1 Å². The minimum atomic E-state index is -0.152. The molecule has 2 aromatic heterocycles. The third kappa shape index (κ3) is 3.25. The minimum Gasteiger partial charge on any atom is -0.316 e. The molecule has 120 valence electrons. The molecule has 1 aromatic carbocycles. The molecule has 1 N–H and O–H groups in total. The van der Waals surface area contributed by atoms with Crippen molar-refractivity contribution < 1.29 is 4.79 Å². The first-order valence-corrected chi connectivity index (χ1v) is 9.03. The van der Waals surface area contributed by atoms with E-state index in [1.54, 1.807) is 0 Å². The average molecular weight is 354 g/mol. The van der Waals surface area contributed by atoms with Crippen LogP contribution in [0.4, 0.5) is 5.00 Å². The van der Waals surface area contributed by atoms with Gasteiger partial charge in [0.25, 0.3) is 0 Å². The molecule has 0 unspecified atom stereocenters. The number of nitrogens with zero attached hydrogens (tertiary/aromatic N) is 3. The van der Waals surface area contributed by atoms with Crippen molar-refractivity contribution in [1.29, 1.82) is 5.26 Å². The molecule has 24 heavy (non-hydrogen) atoms. The Labute approximate surface area is 147 Å². The van der Waals surface area contributed by atoms with Crippen LogP contribution in [0.5, 0.6) is 0 Å². The van der Waals surface area contributed by atoms with Crippen LogP contribution in [0.25, 0.3) is 10.9 Å². The Morgan fingerprint density at radius 2 is 2.12 bits per heavy atom. The first-order valence-electron chi connectivity index (χ1n) is 7.22. The van der Waals surface area contributed by atoms with Gasteiger partial charge in [0.15, 0.2) is 0 Å². The number of carbonyl (C=O) groups is 1. The normalized spacial score (nSPS) is 10.5. The molecule has 0 spiro atoms. The number of nitrogens with one attached hydrogen (secondary N) is 1. The van der Waals surface area contributed by atoms with Gasteiger partial charge in [0.1, 0.15) is 22.4 Å². The number of fused-ring (bicyclic) bond motifs is 1. The lowest BCUT2D eigenvalue weighted by atomic mass is 10.2. The van der Waals surface area contributed by atoms with Crippen molar-refractivity contribution in [3.05, 3.63) is 46.6 Å². The lowest BCUT2D eigenvalue weighted by molar-refractivity contribution is -0.113. The molecule has 3 rings (SSSR count). The largest absolute Gasteiger partial charge is 0.316 e. The summed E-state index contributed by atoms with van der Waals surface area (Å²) in [6.45, 7) is 3.83. The fraction of sp³-hybridized carbons (Fsp3) is 0.176. The number of carbonyl (C=O) groups excluding carboxylic acids is 1. The van der Waals surface area contributed by atoms with Crippen molar-refractivity contribution in [3.8, 4) is 6.07 Å². The number of thiophene rings is 1. The van der Waals surface area contributed by atoms with Gasteiger partial charge in [-0.25, -0.2) is 9.97 Å². The second kappa shape index (κ2) is 6.99. The number of aromatic nitrogens is 2. The molecule has 0 saturated carbocycles. The molecule has 1 amide bonds. The minimum absolute atomic E-state index is 0.152. The first-order chi connectivity index (χ1) is 11.6. The number of para-hydroxylation sites is 1. The van der Waals surface area contributed by atoms with Gasteiger partial charge in [-0.3, -0.25) is 4.79 Å². The lowest BCUT2D eigenvalue weighted by Crippen LogP contribution is -2.14. The summed E-state index contributed by atoms with van der Waals surface area (Å²) in [5.74, 6) is 0.0717. The summed E-state index contributed by atoms with van der Waals surface area (Å²) in [4.78, 5) is 21.7. The van der Waals surface area contributed by atoms with E-state index in [-0.39, 0.29) is 11.7 Å². The molecule has 3 aromatic rings. The molecule has 0 aliphatic rings.